The van der Waals surface area contributed by atoms with Crippen LogP contribution in [0.4, 0.5) is 21.5 Å². The standard InChI is InChI=1S/C25H30FN3O5/c1-16-7-5-6-12-28(16)21-11-8-17(14-22(21)29(32)33)24(31)27-20-10-9-19(26)13-18(20)15-23(30)34-25(2,3)4/h8-11,13-14,16H,5-7,12,15H2,1-4H3,(H,27,31)/t16-/m0/s1. The molecule has 34 heavy (non-hydrogen) atoms. The molecule has 0 saturated carbocycles. The summed E-state index contributed by atoms with van der Waals surface area (Å²) in [5.41, 5.74) is 0.202. The van der Waals surface area contributed by atoms with Crippen LogP contribution in [0.1, 0.15) is 62.9 Å². The summed E-state index contributed by atoms with van der Waals surface area (Å²) < 4.78 is 19.1. The third kappa shape index (κ3) is 6.30. The van der Waals surface area contributed by atoms with Crippen molar-refractivity contribution in [2.45, 2.75) is 65.0 Å². The lowest BCUT2D eigenvalue weighted by molar-refractivity contribution is -0.384. The van der Waals surface area contributed by atoms with Crippen molar-refractivity contribution in [1.29, 1.82) is 0 Å². The number of hydrogen-bond acceptors (Lipinski definition) is 6. The average molecular weight is 472 g/mol. The van der Waals surface area contributed by atoms with Crippen LogP contribution in [0.15, 0.2) is 36.4 Å². The number of nitrogens with one attached hydrogen (secondary N) is 1. The van der Waals surface area contributed by atoms with Crippen molar-refractivity contribution in [2.75, 3.05) is 16.8 Å². The largest absolute Gasteiger partial charge is 0.460 e. The highest BCUT2D eigenvalue weighted by Gasteiger charge is 2.27. The first kappa shape index (κ1) is 25.1. The number of ether oxygens (including phenoxy) is 1. The van der Waals surface area contributed by atoms with Gasteiger partial charge in [-0.05, 0) is 82.9 Å². The Morgan fingerprint density at radius 3 is 2.59 bits per heavy atom. The van der Waals surface area contributed by atoms with Gasteiger partial charge >= 0.3 is 5.97 Å². The Balaban J connectivity index is 1.85. The van der Waals surface area contributed by atoms with Crippen LogP contribution in [0, 0.1) is 15.9 Å². The first-order valence-electron chi connectivity index (χ1n) is 11.3. The van der Waals surface area contributed by atoms with Gasteiger partial charge in [0, 0.05) is 29.9 Å². The van der Waals surface area contributed by atoms with Gasteiger partial charge in [0.15, 0.2) is 0 Å². The van der Waals surface area contributed by atoms with E-state index in [1.807, 2.05) is 11.8 Å². The van der Waals surface area contributed by atoms with Gasteiger partial charge in [0.05, 0.1) is 11.3 Å². The maximum absolute atomic E-state index is 13.8. The molecule has 9 heteroatoms. The molecule has 0 bridgehead atoms. The fraction of sp³-hybridized carbons (Fsp3) is 0.440. The first-order chi connectivity index (χ1) is 15.9. The van der Waals surface area contributed by atoms with E-state index in [1.165, 1.54) is 18.2 Å². The second-order valence-corrected chi connectivity index (χ2v) is 9.52. The van der Waals surface area contributed by atoms with Crippen molar-refractivity contribution < 1.29 is 23.6 Å². The van der Waals surface area contributed by atoms with Crippen LogP contribution in [-0.2, 0) is 16.0 Å². The second kappa shape index (κ2) is 10.2. The Kier molecular flexibility index (Phi) is 7.54. The molecule has 0 unspecified atom stereocenters. The zero-order valence-electron chi connectivity index (χ0n) is 19.9. The zero-order chi connectivity index (χ0) is 25.0. The Hall–Kier alpha value is -3.49. The van der Waals surface area contributed by atoms with Crippen LogP contribution in [0.5, 0.6) is 0 Å². The summed E-state index contributed by atoms with van der Waals surface area (Å²) in [5.74, 6) is -1.73. The molecule has 2 aromatic carbocycles. The van der Waals surface area contributed by atoms with E-state index in [2.05, 4.69) is 5.32 Å². The minimum atomic E-state index is -0.708. The number of halogens is 1. The molecule has 1 fully saturated rings. The monoisotopic (exact) mass is 471 g/mol. The van der Waals surface area contributed by atoms with Crippen molar-refractivity contribution in [3.05, 3.63) is 63.5 Å². The van der Waals surface area contributed by atoms with Crippen molar-refractivity contribution >= 4 is 28.9 Å². The van der Waals surface area contributed by atoms with Crippen LogP contribution in [0.3, 0.4) is 0 Å². The lowest BCUT2D eigenvalue weighted by Crippen LogP contribution is -2.37. The summed E-state index contributed by atoms with van der Waals surface area (Å²) >= 11 is 0. The maximum atomic E-state index is 13.8. The van der Waals surface area contributed by atoms with E-state index in [9.17, 15) is 24.1 Å². The highest BCUT2D eigenvalue weighted by atomic mass is 19.1. The van der Waals surface area contributed by atoms with Gasteiger partial charge in [-0.25, -0.2) is 4.39 Å². The molecule has 182 valence electrons. The Labute approximate surface area is 198 Å². The third-order valence-electron chi connectivity index (χ3n) is 5.62. The number of esters is 1. The van der Waals surface area contributed by atoms with E-state index < -0.39 is 28.2 Å². The average Bonchev–Trinajstić information content (AvgIpc) is 2.74. The van der Waals surface area contributed by atoms with E-state index in [0.29, 0.717) is 5.69 Å². The molecule has 2 aromatic rings. The third-order valence-corrected chi connectivity index (χ3v) is 5.62. The number of hydrogen-bond donors (Lipinski definition) is 1. The summed E-state index contributed by atoms with van der Waals surface area (Å²) in [6.07, 6.45) is 2.74. The number of piperidine rings is 1. The smallest absolute Gasteiger partial charge is 0.310 e. The molecular formula is C25H30FN3O5. The van der Waals surface area contributed by atoms with Gasteiger partial charge in [0.1, 0.15) is 17.1 Å². The topological polar surface area (TPSA) is 102 Å². The maximum Gasteiger partial charge on any atom is 0.310 e. The number of carbonyl (C=O) groups is 2. The zero-order valence-corrected chi connectivity index (χ0v) is 19.9. The number of rotatable bonds is 6. The summed E-state index contributed by atoms with van der Waals surface area (Å²) in [6.45, 7) is 7.92. The summed E-state index contributed by atoms with van der Waals surface area (Å²) in [7, 11) is 0. The number of nitro benzene ring substituents is 1. The van der Waals surface area contributed by atoms with E-state index in [-0.39, 0.29) is 35.0 Å². The lowest BCUT2D eigenvalue weighted by atomic mass is 10.0. The van der Waals surface area contributed by atoms with E-state index in [1.54, 1.807) is 26.8 Å². The molecule has 0 radical (unpaired) electrons. The van der Waals surface area contributed by atoms with Gasteiger partial charge in [-0.3, -0.25) is 19.7 Å². The van der Waals surface area contributed by atoms with Crippen LogP contribution in [0.25, 0.3) is 0 Å². The van der Waals surface area contributed by atoms with Gasteiger partial charge in [0.2, 0.25) is 0 Å². The quantitative estimate of drug-likeness (QED) is 0.351. The first-order valence-corrected chi connectivity index (χ1v) is 11.3. The van der Waals surface area contributed by atoms with Gasteiger partial charge in [-0.2, -0.15) is 0 Å². The summed E-state index contributed by atoms with van der Waals surface area (Å²) in [5, 5.41) is 14.4. The number of nitro groups is 1. The molecule has 0 aliphatic carbocycles. The summed E-state index contributed by atoms with van der Waals surface area (Å²) in [6, 6.07) is 8.23. The van der Waals surface area contributed by atoms with Crippen LogP contribution in [-0.4, -0.2) is 35.0 Å². The SMILES string of the molecule is C[C@H]1CCCCN1c1ccc(C(=O)Nc2ccc(F)cc2CC(=O)OC(C)(C)C)cc1[N+](=O)[O-]. The molecule has 1 N–H and O–H groups in total. The van der Waals surface area contributed by atoms with Gasteiger partial charge < -0.3 is 15.0 Å². The fourth-order valence-electron chi connectivity index (χ4n) is 4.07. The number of benzene rings is 2. The van der Waals surface area contributed by atoms with Crippen molar-refractivity contribution in [3.63, 3.8) is 0 Å². The molecule has 1 saturated heterocycles. The van der Waals surface area contributed by atoms with Gasteiger partial charge in [-0.1, -0.05) is 0 Å². The minimum Gasteiger partial charge on any atom is -0.460 e. The molecule has 1 aliphatic rings. The van der Waals surface area contributed by atoms with Crippen LogP contribution >= 0.6 is 0 Å². The predicted octanol–water partition coefficient (Wildman–Crippen LogP) is 5.25. The normalized spacial score (nSPS) is 16.1. The molecule has 0 spiro atoms. The molecule has 1 aliphatic heterocycles. The highest BCUT2D eigenvalue weighted by Crippen LogP contribution is 2.34. The number of anilines is 2. The molecule has 1 heterocycles. The molecule has 8 nitrogen and oxygen atoms in total. The fourth-order valence-corrected chi connectivity index (χ4v) is 4.07. The molecule has 1 atom stereocenters. The van der Waals surface area contributed by atoms with Crippen LogP contribution < -0.4 is 10.2 Å². The predicted molar refractivity (Wildman–Crippen MR) is 128 cm³/mol. The van der Waals surface area contributed by atoms with Gasteiger partial charge in [-0.15, -0.1) is 0 Å². The second-order valence-electron chi connectivity index (χ2n) is 9.52. The minimum absolute atomic E-state index is 0.0904. The number of carbonyl (C=O) groups excluding carboxylic acids is 2. The Bertz CT molecular complexity index is 1100. The van der Waals surface area contributed by atoms with Crippen molar-refractivity contribution in [1.82, 2.24) is 0 Å². The molecular weight excluding hydrogens is 441 g/mol. The number of nitrogens with zero attached hydrogens (tertiary/aromatic N) is 2. The Morgan fingerprint density at radius 1 is 1.21 bits per heavy atom. The van der Waals surface area contributed by atoms with Crippen molar-refractivity contribution in [2.24, 2.45) is 0 Å². The van der Waals surface area contributed by atoms with Crippen molar-refractivity contribution in [3.8, 4) is 0 Å². The van der Waals surface area contributed by atoms with Crippen LogP contribution in [0.2, 0.25) is 0 Å². The molecule has 0 aromatic heterocycles. The summed E-state index contributed by atoms with van der Waals surface area (Å²) in [4.78, 5) is 38.5. The number of amides is 1. The van der Waals surface area contributed by atoms with Gasteiger partial charge in [0.25, 0.3) is 11.6 Å². The lowest BCUT2D eigenvalue weighted by Gasteiger charge is -2.35. The van der Waals surface area contributed by atoms with E-state index >= 15 is 0 Å². The Morgan fingerprint density at radius 2 is 1.94 bits per heavy atom. The highest BCUT2D eigenvalue weighted by molar-refractivity contribution is 6.05. The molecule has 1 amide bonds. The molecule has 3 rings (SSSR count). The van der Waals surface area contributed by atoms with E-state index in [4.69, 9.17) is 4.74 Å². The van der Waals surface area contributed by atoms with E-state index in [0.717, 1.165) is 37.9 Å².